The van der Waals surface area contributed by atoms with Gasteiger partial charge in [-0.2, -0.15) is 0 Å². The van der Waals surface area contributed by atoms with Crippen molar-refractivity contribution in [1.29, 1.82) is 0 Å². The Balaban J connectivity index is 0. The Labute approximate surface area is 210 Å². The molecular weight excluding hydrogens is 400 g/mol. The molecule has 3 saturated carbocycles. The fraction of sp³-hybridized carbons (Fsp3) is 0.812. The van der Waals surface area contributed by atoms with Gasteiger partial charge in [0.2, 0.25) is 0 Å². The van der Waals surface area contributed by atoms with Gasteiger partial charge < -0.3 is 5.11 Å². The molecule has 1 N–H and O–H groups in total. The van der Waals surface area contributed by atoms with Crippen LogP contribution < -0.4 is 0 Å². The molecule has 3 rings (SSSR count). The highest BCUT2D eigenvalue weighted by Crippen LogP contribution is 2.43. The van der Waals surface area contributed by atoms with Gasteiger partial charge in [-0.3, -0.25) is 0 Å². The van der Waals surface area contributed by atoms with Crippen molar-refractivity contribution in [1.82, 2.24) is 0 Å². The molecule has 0 heterocycles. The Morgan fingerprint density at radius 2 is 1.45 bits per heavy atom. The SMILES string of the molecule is C=C(C)C(CC/C=C(/O)C1CC1C)C1CCCCC1.C=C1CCC1.CC.CCC.CCCC. The van der Waals surface area contributed by atoms with Crippen molar-refractivity contribution in [3.63, 3.8) is 0 Å². The van der Waals surface area contributed by atoms with E-state index in [1.807, 2.05) is 13.8 Å². The first-order valence-corrected chi connectivity index (χ1v) is 14.5. The maximum Gasteiger partial charge on any atom is 0.0916 e. The molecule has 0 radical (unpaired) electrons. The van der Waals surface area contributed by atoms with E-state index in [9.17, 15) is 5.11 Å². The van der Waals surface area contributed by atoms with Crippen LogP contribution in [0.1, 0.15) is 145 Å². The molecule has 0 aromatic carbocycles. The molecule has 0 saturated heterocycles. The van der Waals surface area contributed by atoms with Gasteiger partial charge in [0, 0.05) is 5.92 Å². The predicted molar refractivity (Wildman–Crippen MR) is 153 cm³/mol. The van der Waals surface area contributed by atoms with Crippen molar-refractivity contribution < 1.29 is 5.11 Å². The number of aliphatic hydroxyl groups excluding tert-OH is 1. The minimum Gasteiger partial charge on any atom is -0.512 e. The zero-order chi connectivity index (χ0) is 25.6. The second kappa shape index (κ2) is 22.8. The summed E-state index contributed by atoms with van der Waals surface area (Å²) in [5.41, 5.74) is 2.78. The normalized spacial score (nSPS) is 22.3. The largest absolute Gasteiger partial charge is 0.512 e. The van der Waals surface area contributed by atoms with E-state index in [2.05, 4.69) is 60.8 Å². The molecule has 3 aliphatic rings. The third kappa shape index (κ3) is 18.1. The first kappa shape index (κ1) is 34.2. The molecule has 3 unspecified atom stereocenters. The Kier molecular flexibility index (Phi) is 23.6. The first-order chi connectivity index (χ1) is 15.8. The molecular formula is C32H62O. The summed E-state index contributed by atoms with van der Waals surface area (Å²) in [4.78, 5) is 0. The summed E-state index contributed by atoms with van der Waals surface area (Å²) >= 11 is 0. The van der Waals surface area contributed by atoms with E-state index in [0.717, 1.165) is 12.3 Å². The standard InChI is InChI=1S/C18H30O.C5H8.C4H10.C3H8.C2H6/c1-13(2)16(15-8-5-4-6-9-15)10-7-11-18(19)17-12-14(17)3;1-5-3-2-4-5;1-3-4-2;1-3-2;1-2/h11,14-17,19H,1,4-10,12H2,2-3H3;1-4H2;3-4H2,1-2H3;3H2,1-2H3;1-2H3/b18-11+;;;;. The molecule has 0 aliphatic heterocycles. The van der Waals surface area contributed by atoms with Crippen molar-refractivity contribution in [2.45, 2.75) is 145 Å². The fourth-order valence-corrected chi connectivity index (χ4v) is 4.14. The third-order valence-electron chi connectivity index (χ3n) is 6.73. The summed E-state index contributed by atoms with van der Waals surface area (Å²) < 4.78 is 0. The maximum atomic E-state index is 9.96. The summed E-state index contributed by atoms with van der Waals surface area (Å²) in [6.07, 6.45) is 20.3. The lowest BCUT2D eigenvalue weighted by Gasteiger charge is -2.30. The zero-order valence-electron chi connectivity index (χ0n) is 24.1. The molecule has 0 aromatic rings. The molecule has 1 nitrogen and oxygen atoms in total. The van der Waals surface area contributed by atoms with Crippen LogP contribution in [-0.2, 0) is 0 Å². The van der Waals surface area contributed by atoms with Crippen molar-refractivity contribution in [2.24, 2.45) is 23.7 Å². The van der Waals surface area contributed by atoms with Crippen LogP contribution in [0.3, 0.4) is 0 Å². The molecule has 0 amide bonds. The molecule has 3 aliphatic carbocycles. The van der Waals surface area contributed by atoms with Gasteiger partial charge in [-0.05, 0) is 82.1 Å². The first-order valence-electron chi connectivity index (χ1n) is 14.5. The quantitative estimate of drug-likeness (QED) is 0.294. The van der Waals surface area contributed by atoms with Crippen LogP contribution in [0.15, 0.2) is 36.1 Å². The predicted octanol–water partition coefficient (Wildman–Crippen LogP) is 11.6. The highest BCUT2D eigenvalue weighted by atomic mass is 16.3. The zero-order valence-corrected chi connectivity index (χ0v) is 24.1. The molecule has 1 heteroatoms. The van der Waals surface area contributed by atoms with E-state index in [0.29, 0.717) is 23.5 Å². The lowest BCUT2D eigenvalue weighted by Crippen LogP contribution is -2.18. The van der Waals surface area contributed by atoms with Crippen molar-refractivity contribution in [3.8, 4) is 0 Å². The van der Waals surface area contributed by atoms with Crippen molar-refractivity contribution >= 4 is 0 Å². The molecule has 0 spiro atoms. The van der Waals surface area contributed by atoms with Gasteiger partial charge in [0.15, 0.2) is 0 Å². The van der Waals surface area contributed by atoms with Crippen molar-refractivity contribution in [3.05, 3.63) is 36.1 Å². The Morgan fingerprint density at radius 3 is 1.76 bits per heavy atom. The molecule has 196 valence electrons. The number of allylic oxidation sites excluding steroid dienone is 4. The number of aliphatic hydroxyl groups is 1. The number of hydrogen-bond donors (Lipinski definition) is 1. The van der Waals surface area contributed by atoms with Crippen LogP contribution in [-0.4, -0.2) is 5.11 Å². The molecule has 0 aromatic heterocycles. The van der Waals surface area contributed by atoms with E-state index in [4.69, 9.17) is 0 Å². The van der Waals surface area contributed by atoms with Gasteiger partial charge in [0.05, 0.1) is 5.76 Å². The Bertz CT molecular complexity index is 487. The van der Waals surface area contributed by atoms with E-state index >= 15 is 0 Å². The highest BCUT2D eigenvalue weighted by Gasteiger charge is 2.35. The van der Waals surface area contributed by atoms with Crippen molar-refractivity contribution in [2.75, 3.05) is 0 Å². The summed E-state index contributed by atoms with van der Waals surface area (Å²) in [7, 11) is 0. The summed E-state index contributed by atoms with van der Waals surface area (Å²) in [5, 5.41) is 9.96. The minimum absolute atomic E-state index is 0.470. The van der Waals surface area contributed by atoms with Crippen LogP contribution in [0.2, 0.25) is 0 Å². The van der Waals surface area contributed by atoms with Crippen LogP contribution in [0, 0.1) is 23.7 Å². The average molecular weight is 463 g/mol. The van der Waals surface area contributed by atoms with Crippen LogP contribution in [0.4, 0.5) is 0 Å². The van der Waals surface area contributed by atoms with Gasteiger partial charge in [0.25, 0.3) is 0 Å². The molecule has 3 fully saturated rings. The van der Waals surface area contributed by atoms with Crippen LogP contribution >= 0.6 is 0 Å². The number of unbranched alkanes of at least 4 members (excludes halogenated alkanes) is 1. The monoisotopic (exact) mass is 462 g/mol. The summed E-state index contributed by atoms with van der Waals surface area (Å²) in [6.45, 7) is 25.0. The minimum atomic E-state index is 0.470. The average Bonchev–Trinajstić information content (AvgIpc) is 3.54. The topological polar surface area (TPSA) is 20.2 Å². The van der Waals surface area contributed by atoms with Crippen LogP contribution in [0.5, 0.6) is 0 Å². The van der Waals surface area contributed by atoms with E-state index in [1.54, 1.807) is 0 Å². The second-order valence-corrected chi connectivity index (χ2v) is 10.2. The summed E-state index contributed by atoms with van der Waals surface area (Å²) in [5.74, 6) is 3.34. The lowest BCUT2D eigenvalue weighted by molar-refractivity contribution is 0.265. The van der Waals surface area contributed by atoms with Gasteiger partial charge in [-0.15, -0.1) is 0 Å². The second-order valence-electron chi connectivity index (χ2n) is 10.2. The molecule has 33 heavy (non-hydrogen) atoms. The highest BCUT2D eigenvalue weighted by molar-refractivity contribution is 5.08. The van der Waals surface area contributed by atoms with Gasteiger partial charge in [0.1, 0.15) is 0 Å². The van der Waals surface area contributed by atoms with Gasteiger partial charge in [-0.1, -0.05) is 111 Å². The number of hydrogen-bond acceptors (Lipinski definition) is 1. The smallest absolute Gasteiger partial charge is 0.0916 e. The molecule has 3 atom stereocenters. The number of rotatable bonds is 7. The Hall–Kier alpha value is -0.980. The van der Waals surface area contributed by atoms with Crippen LogP contribution in [0.25, 0.3) is 0 Å². The van der Waals surface area contributed by atoms with Gasteiger partial charge in [-0.25, -0.2) is 0 Å². The van der Waals surface area contributed by atoms with E-state index in [-0.39, 0.29) is 0 Å². The van der Waals surface area contributed by atoms with E-state index in [1.165, 1.54) is 94.6 Å². The fourth-order valence-electron chi connectivity index (χ4n) is 4.14. The van der Waals surface area contributed by atoms with Gasteiger partial charge >= 0.3 is 0 Å². The lowest BCUT2D eigenvalue weighted by atomic mass is 9.75. The third-order valence-corrected chi connectivity index (χ3v) is 6.73. The Morgan fingerprint density at radius 1 is 1.00 bits per heavy atom. The maximum absolute atomic E-state index is 9.96. The molecule has 0 bridgehead atoms. The summed E-state index contributed by atoms with van der Waals surface area (Å²) in [6, 6.07) is 0. The van der Waals surface area contributed by atoms with E-state index < -0.39 is 0 Å².